The number of methoxy groups -OCH3 is 1. The lowest BCUT2D eigenvalue weighted by molar-refractivity contribution is -0.323. The first-order valence-corrected chi connectivity index (χ1v) is 13.5. The predicted molar refractivity (Wildman–Crippen MR) is 146 cm³/mol. The summed E-state index contributed by atoms with van der Waals surface area (Å²) in [7, 11) is 1.27. The van der Waals surface area contributed by atoms with Crippen LogP contribution in [0.5, 0.6) is 28.7 Å². The molecule has 3 aromatic rings. The number of fused-ring (bicyclic) bond motifs is 1. The Morgan fingerprint density at radius 3 is 2.09 bits per heavy atom. The van der Waals surface area contributed by atoms with Gasteiger partial charge in [0.05, 0.1) is 20.3 Å². The second-order valence-electron chi connectivity index (χ2n) is 10.5. The van der Waals surface area contributed by atoms with Gasteiger partial charge in [0.25, 0.3) is 0 Å². The third-order valence-electron chi connectivity index (χ3n) is 7.54. The van der Waals surface area contributed by atoms with Crippen molar-refractivity contribution in [1.29, 1.82) is 0 Å². The highest BCUT2D eigenvalue weighted by molar-refractivity contribution is 5.88. The largest absolute Gasteiger partial charge is 0.508 e. The molecule has 45 heavy (non-hydrogen) atoms. The van der Waals surface area contributed by atoms with Gasteiger partial charge in [0.1, 0.15) is 71.3 Å². The number of aromatic hydroxyl groups is 3. The van der Waals surface area contributed by atoms with Gasteiger partial charge >= 0.3 is 0 Å². The fourth-order valence-corrected chi connectivity index (χ4v) is 5.05. The van der Waals surface area contributed by atoms with E-state index in [-0.39, 0.29) is 28.4 Å². The molecule has 17 heteroatoms. The maximum absolute atomic E-state index is 13.7. The van der Waals surface area contributed by atoms with Gasteiger partial charge in [0.2, 0.25) is 17.5 Å². The van der Waals surface area contributed by atoms with Gasteiger partial charge in [-0.05, 0) is 18.2 Å². The fraction of sp³-hybridized carbons (Fsp3) is 0.464. The van der Waals surface area contributed by atoms with Gasteiger partial charge in [-0.25, -0.2) is 0 Å². The van der Waals surface area contributed by atoms with Gasteiger partial charge in [0, 0.05) is 17.7 Å². The molecule has 0 bridgehead atoms. The van der Waals surface area contributed by atoms with Crippen molar-refractivity contribution in [3.63, 3.8) is 0 Å². The van der Waals surface area contributed by atoms with Crippen LogP contribution in [0, 0.1) is 0 Å². The molecular formula is C28H32O17. The summed E-state index contributed by atoms with van der Waals surface area (Å²) in [6.45, 7) is -1.39. The maximum atomic E-state index is 13.7. The van der Waals surface area contributed by atoms with E-state index in [4.69, 9.17) is 28.1 Å². The molecule has 3 heterocycles. The molecule has 1 aromatic heterocycles. The van der Waals surface area contributed by atoms with E-state index in [1.54, 1.807) is 0 Å². The van der Waals surface area contributed by atoms with Crippen LogP contribution in [0.4, 0.5) is 0 Å². The third-order valence-corrected chi connectivity index (χ3v) is 7.54. The van der Waals surface area contributed by atoms with Gasteiger partial charge in [-0.2, -0.15) is 0 Å². The Morgan fingerprint density at radius 1 is 0.778 bits per heavy atom. The summed E-state index contributed by atoms with van der Waals surface area (Å²) >= 11 is 0. The number of ether oxygens (including phenoxy) is 5. The predicted octanol–water partition coefficient (Wildman–Crippen LogP) is -2.41. The number of aliphatic hydroxyl groups excluding tert-OH is 7. The minimum atomic E-state index is -1.98. The molecule has 10 atom stereocenters. The van der Waals surface area contributed by atoms with Gasteiger partial charge < -0.3 is 79.2 Å². The molecule has 2 aliphatic heterocycles. The van der Waals surface area contributed by atoms with Crippen LogP contribution in [0.3, 0.4) is 0 Å². The molecule has 0 radical (unpaired) electrons. The molecule has 17 nitrogen and oxygen atoms in total. The zero-order valence-corrected chi connectivity index (χ0v) is 23.4. The molecule has 2 saturated heterocycles. The molecule has 5 rings (SSSR count). The molecule has 2 aliphatic rings. The number of hydrogen-bond donors (Lipinski definition) is 10. The minimum Gasteiger partial charge on any atom is -0.508 e. The van der Waals surface area contributed by atoms with Crippen molar-refractivity contribution in [3.8, 4) is 40.1 Å². The molecule has 0 aliphatic carbocycles. The van der Waals surface area contributed by atoms with E-state index in [9.17, 15) is 55.9 Å². The SMILES string of the molecule is COc1cc(-c2oc3cc(O)cc(O)c3c(=O)c2O[C@@H]2O[C@H](CO[C@@H]3O[C@H](CO)[C@@H](O)[C@@H](O)[C@H]3O)[C@@H](O)[C@@H](O)[C@H]2O)ccc1O. The van der Waals surface area contributed by atoms with Crippen molar-refractivity contribution in [3.05, 3.63) is 40.6 Å². The number of aliphatic hydroxyl groups is 7. The Morgan fingerprint density at radius 2 is 1.42 bits per heavy atom. The lowest BCUT2D eigenvalue weighted by Crippen LogP contribution is -2.62. The topological polar surface area (TPSA) is 279 Å². The smallest absolute Gasteiger partial charge is 0.239 e. The average molecular weight is 641 g/mol. The zero-order chi connectivity index (χ0) is 32.7. The van der Waals surface area contributed by atoms with E-state index < -0.39 is 103 Å². The third kappa shape index (κ3) is 6.10. The average Bonchev–Trinajstić information content (AvgIpc) is 3.01. The van der Waals surface area contributed by atoms with Crippen molar-refractivity contribution in [2.75, 3.05) is 20.3 Å². The Balaban J connectivity index is 1.48. The number of phenols is 3. The molecule has 2 aromatic carbocycles. The first-order valence-electron chi connectivity index (χ1n) is 13.5. The van der Waals surface area contributed by atoms with E-state index in [1.165, 1.54) is 25.3 Å². The van der Waals surface area contributed by atoms with Gasteiger partial charge in [-0.15, -0.1) is 0 Å². The van der Waals surface area contributed by atoms with E-state index in [2.05, 4.69) is 0 Å². The zero-order valence-electron chi connectivity index (χ0n) is 23.4. The molecule has 10 N–H and O–H groups in total. The second kappa shape index (κ2) is 12.9. The van der Waals surface area contributed by atoms with E-state index in [1.807, 2.05) is 0 Å². The summed E-state index contributed by atoms with van der Waals surface area (Å²) in [6.07, 6.45) is -17.3. The van der Waals surface area contributed by atoms with Crippen LogP contribution in [-0.2, 0) is 14.2 Å². The Bertz CT molecular complexity index is 1570. The van der Waals surface area contributed by atoms with Crippen LogP contribution in [0.15, 0.2) is 39.5 Å². The van der Waals surface area contributed by atoms with Crippen LogP contribution < -0.4 is 14.9 Å². The summed E-state index contributed by atoms with van der Waals surface area (Å²) in [5.74, 6) is -2.38. The van der Waals surface area contributed by atoms with Gasteiger partial charge in [-0.1, -0.05) is 0 Å². The summed E-state index contributed by atoms with van der Waals surface area (Å²) in [6, 6.07) is 5.76. The summed E-state index contributed by atoms with van der Waals surface area (Å²) < 4.78 is 33.0. The highest BCUT2D eigenvalue weighted by Crippen LogP contribution is 2.39. The summed E-state index contributed by atoms with van der Waals surface area (Å²) in [5.41, 5.74) is -1.17. The lowest BCUT2D eigenvalue weighted by atomic mass is 9.98. The second-order valence-corrected chi connectivity index (χ2v) is 10.5. The molecule has 0 unspecified atom stereocenters. The van der Waals surface area contributed by atoms with E-state index in [0.717, 1.165) is 12.1 Å². The van der Waals surface area contributed by atoms with E-state index in [0.29, 0.717) is 0 Å². The highest BCUT2D eigenvalue weighted by Gasteiger charge is 2.48. The molecule has 246 valence electrons. The number of rotatable bonds is 8. The molecule has 2 fully saturated rings. The molecule has 0 amide bonds. The normalized spacial score (nSPS) is 32.0. The number of benzene rings is 2. The quantitative estimate of drug-likeness (QED) is 0.123. The standard InChI is InChI=1S/C28H32O17/c1-40-13-4-9(2-3-11(13)31)25-26(20(35)17-12(32)5-10(30)6-14(17)42-25)45-28-24(39)22(37)19(34)16(44-28)8-41-27-23(38)21(36)18(33)15(7-29)43-27/h2-6,15-16,18-19,21-24,27-34,36-39H,7-8H2,1H3/t15-,16-,18-,19-,21-,22-,23-,24-,27-,28+/m1/s1. The Hall–Kier alpha value is -3.75. The van der Waals surface area contributed by atoms with Crippen molar-refractivity contribution in [2.45, 2.75) is 61.4 Å². The lowest BCUT2D eigenvalue weighted by Gasteiger charge is -2.42. The van der Waals surface area contributed by atoms with Crippen molar-refractivity contribution >= 4 is 11.0 Å². The van der Waals surface area contributed by atoms with Crippen molar-refractivity contribution in [2.24, 2.45) is 0 Å². The first kappa shape index (κ1) is 32.6. The van der Waals surface area contributed by atoms with Crippen LogP contribution in [0.25, 0.3) is 22.3 Å². The monoisotopic (exact) mass is 640 g/mol. The minimum absolute atomic E-state index is 0.0298. The van der Waals surface area contributed by atoms with Gasteiger partial charge in [0.15, 0.2) is 23.5 Å². The fourth-order valence-electron chi connectivity index (χ4n) is 5.05. The van der Waals surface area contributed by atoms with Crippen molar-refractivity contribution < 1.29 is 79.2 Å². The summed E-state index contributed by atoms with van der Waals surface area (Å²) in [4.78, 5) is 13.7. The van der Waals surface area contributed by atoms with Crippen LogP contribution in [0.2, 0.25) is 0 Å². The molecule has 0 spiro atoms. The van der Waals surface area contributed by atoms with E-state index >= 15 is 0 Å². The molecule has 0 saturated carbocycles. The molecular weight excluding hydrogens is 608 g/mol. The number of phenolic OH excluding ortho intramolecular Hbond substituents is 3. The van der Waals surface area contributed by atoms with Gasteiger partial charge in [-0.3, -0.25) is 4.79 Å². The summed E-state index contributed by atoms with van der Waals surface area (Å²) in [5, 5.41) is 102. The Kier molecular flexibility index (Phi) is 9.38. The first-order chi connectivity index (χ1) is 21.4. The highest BCUT2D eigenvalue weighted by atomic mass is 16.7. The maximum Gasteiger partial charge on any atom is 0.239 e. The number of hydrogen-bond acceptors (Lipinski definition) is 17. The van der Waals surface area contributed by atoms with Crippen molar-refractivity contribution in [1.82, 2.24) is 0 Å². The van der Waals surface area contributed by atoms with Crippen LogP contribution in [0.1, 0.15) is 0 Å². The Labute approximate surface area is 252 Å². The van der Waals surface area contributed by atoms with Crippen LogP contribution >= 0.6 is 0 Å². The van der Waals surface area contributed by atoms with Crippen LogP contribution in [-0.4, -0.2) is 133 Å².